The number of carbonyl (C=O) groups excluding carboxylic acids is 1. The topological polar surface area (TPSA) is 55.8 Å². The van der Waals surface area contributed by atoms with Crippen molar-refractivity contribution in [3.05, 3.63) is 35.9 Å². The Balaban J connectivity index is 1.86. The Hall–Kier alpha value is -1.39. The van der Waals surface area contributed by atoms with Gasteiger partial charge in [-0.1, -0.05) is 30.3 Å². The van der Waals surface area contributed by atoms with Crippen molar-refractivity contribution >= 4 is 5.97 Å². The number of hydrogen-bond donors (Lipinski definition) is 1. The molecule has 4 heteroatoms. The second kappa shape index (κ2) is 4.13. The summed E-state index contributed by atoms with van der Waals surface area (Å²) in [4.78, 5) is 11.3. The number of aliphatic hydroxyl groups is 1. The summed E-state index contributed by atoms with van der Waals surface area (Å²) in [5.41, 5.74) is 0.924. The molecule has 2 heterocycles. The molecule has 0 unspecified atom stereocenters. The van der Waals surface area contributed by atoms with Crippen molar-refractivity contribution in [2.24, 2.45) is 0 Å². The monoisotopic (exact) mass is 234 g/mol. The van der Waals surface area contributed by atoms with Crippen molar-refractivity contribution in [2.75, 3.05) is 0 Å². The van der Waals surface area contributed by atoms with Crippen molar-refractivity contribution < 1.29 is 19.4 Å². The molecule has 90 valence electrons. The van der Waals surface area contributed by atoms with Crippen molar-refractivity contribution in [3.63, 3.8) is 0 Å². The molecule has 2 bridgehead atoms. The largest absolute Gasteiger partial charge is 0.459 e. The number of hydrogen-bond acceptors (Lipinski definition) is 4. The van der Waals surface area contributed by atoms with E-state index in [1.807, 2.05) is 30.3 Å². The number of benzene rings is 1. The van der Waals surface area contributed by atoms with Gasteiger partial charge in [-0.2, -0.15) is 0 Å². The third kappa shape index (κ3) is 1.94. The molecule has 2 fully saturated rings. The van der Waals surface area contributed by atoms with Crippen LogP contribution in [-0.4, -0.2) is 29.4 Å². The van der Waals surface area contributed by atoms with Gasteiger partial charge in [-0.3, -0.25) is 4.79 Å². The second-order valence-electron chi connectivity index (χ2n) is 4.55. The van der Waals surface area contributed by atoms with Gasteiger partial charge in [0.1, 0.15) is 18.3 Å². The molecular weight excluding hydrogens is 220 g/mol. The van der Waals surface area contributed by atoms with Gasteiger partial charge >= 0.3 is 5.97 Å². The molecule has 0 spiro atoms. The van der Waals surface area contributed by atoms with Crippen LogP contribution in [0.5, 0.6) is 0 Å². The average molecular weight is 234 g/mol. The fourth-order valence-electron chi connectivity index (χ4n) is 2.51. The highest BCUT2D eigenvalue weighted by Gasteiger charge is 2.44. The van der Waals surface area contributed by atoms with Gasteiger partial charge in [-0.15, -0.1) is 0 Å². The van der Waals surface area contributed by atoms with E-state index in [1.54, 1.807) is 0 Å². The first-order chi connectivity index (χ1) is 8.24. The Morgan fingerprint density at radius 1 is 1.24 bits per heavy atom. The zero-order valence-electron chi connectivity index (χ0n) is 9.28. The van der Waals surface area contributed by atoms with E-state index < -0.39 is 18.3 Å². The van der Waals surface area contributed by atoms with E-state index in [0.29, 0.717) is 6.42 Å². The van der Waals surface area contributed by atoms with E-state index >= 15 is 0 Å². The van der Waals surface area contributed by atoms with Gasteiger partial charge in [0.25, 0.3) is 0 Å². The van der Waals surface area contributed by atoms with Crippen molar-refractivity contribution in [3.8, 4) is 0 Å². The maximum absolute atomic E-state index is 11.3. The van der Waals surface area contributed by atoms with E-state index in [-0.39, 0.29) is 18.5 Å². The Kier molecular flexibility index (Phi) is 2.61. The summed E-state index contributed by atoms with van der Waals surface area (Å²) in [6.07, 6.45) is -0.857. The zero-order valence-corrected chi connectivity index (χ0v) is 9.28. The van der Waals surface area contributed by atoms with Crippen molar-refractivity contribution in [2.45, 2.75) is 37.3 Å². The highest BCUT2D eigenvalue weighted by molar-refractivity contribution is 5.71. The Bertz CT molecular complexity index is 417. The molecule has 1 aromatic rings. The normalized spacial score (nSPS) is 36.4. The van der Waals surface area contributed by atoms with E-state index in [1.165, 1.54) is 0 Å². The molecule has 1 aromatic carbocycles. The quantitative estimate of drug-likeness (QED) is 0.742. The first-order valence-electron chi connectivity index (χ1n) is 5.82. The number of aliphatic hydroxyl groups excluding tert-OH is 1. The number of fused-ring (bicyclic) bond motifs is 2. The number of rotatable bonds is 1. The molecular formula is C13H14O4. The van der Waals surface area contributed by atoms with Crippen LogP contribution < -0.4 is 0 Å². The smallest absolute Gasteiger partial charge is 0.308 e. The molecule has 4 atom stereocenters. The third-order valence-electron chi connectivity index (χ3n) is 3.33. The van der Waals surface area contributed by atoms with Crippen molar-refractivity contribution in [1.29, 1.82) is 0 Å². The standard InChI is InChI=1S/C13H14O4/c14-11-7-9-6-10(17-11)12(15)13(16-9)8-4-2-1-3-5-8/h1-5,9-10,12-13,15H,6-7H2/t9-,10-,12+,13-/m0/s1. The van der Waals surface area contributed by atoms with E-state index in [2.05, 4.69) is 0 Å². The first-order valence-corrected chi connectivity index (χ1v) is 5.82. The van der Waals surface area contributed by atoms with E-state index in [4.69, 9.17) is 9.47 Å². The molecule has 2 saturated heterocycles. The summed E-state index contributed by atoms with van der Waals surface area (Å²) < 4.78 is 10.9. The van der Waals surface area contributed by atoms with Crippen molar-refractivity contribution in [1.82, 2.24) is 0 Å². The molecule has 0 saturated carbocycles. The van der Waals surface area contributed by atoms with Gasteiger partial charge in [-0.05, 0) is 5.56 Å². The summed E-state index contributed by atoms with van der Waals surface area (Å²) >= 11 is 0. The fourth-order valence-corrected chi connectivity index (χ4v) is 2.51. The van der Waals surface area contributed by atoms with Crippen LogP contribution >= 0.6 is 0 Å². The SMILES string of the molecule is O=C1C[C@@H]2C[C@H](O1)[C@@H](O)[C@H](c1ccccc1)O2. The molecule has 0 aromatic heterocycles. The third-order valence-corrected chi connectivity index (χ3v) is 3.33. The van der Waals surface area contributed by atoms with Crippen LogP contribution in [-0.2, 0) is 14.3 Å². The van der Waals surface area contributed by atoms with E-state index in [0.717, 1.165) is 5.56 Å². The number of ether oxygens (including phenoxy) is 2. The minimum atomic E-state index is -0.780. The minimum absolute atomic E-state index is 0.130. The highest BCUT2D eigenvalue weighted by Crippen LogP contribution is 2.37. The Labute approximate surface area is 99.2 Å². The first kappa shape index (κ1) is 10.7. The predicted molar refractivity (Wildman–Crippen MR) is 59.2 cm³/mol. The van der Waals surface area contributed by atoms with E-state index in [9.17, 15) is 9.90 Å². The second-order valence-corrected chi connectivity index (χ2v) is 4.55. The van der Waals surface area contributed by atoms with Crippen LogP contribution in [0.25, 0.3) is 0 Å². The van der Waals surface area contributed by atoms with Crippen LogP contribution in [0.3, 0.4) is 0 Å². The highest BCUT2D eigenvalue weighted by atomic mass is 16.6. The summed E-state index contributed by atoms with van der Waals surface area (Å²) in [6.45, 7) is 0. The minimum Gasteiger partial charge on any atom is -0.459 e. The van der Waals surface area contributed by atoms with Crippen LogP contribution in [0.4, 0.5) is 0 Å². The lowest BCUT2D eigenvalue weighted by Crippen LogP contribution is -2.50. The van der Waals surface area contributed by atoms with Crippen LogP contribution in [0, 0.1) is 0 Å². The van der Waals surface area contributed by atoms with Gasteiger partial charge in [0.2, 0.25) is 0 Å². The van der Waals surface area contributed by atoms with Crippen LogP contribution in [0.2, 0.25) is 0 Å². The predicted octanol–water partition coefficient (Wildman–Crippen LogP) is 1.19. The lowest BCUT2D eigenvalue weighted by Gasteiger charge is -2.42. The molecule has 2 aliphatic rings. The average Bonchev–Trinajstić information content (AvgIpc) is 2.34. The summed E-state index contributed by atoms with van der Waals surface area (Å²) in [6, 6.07) is 9.55. The number of carbonyl (C=O) groups is 1. The van der Waals surface area contributed by atoms with Gasteiger partial charge in [-0.25, -0.2) is 0 Å². The van der Waals surface area contributed by atoms with Crippen LogP contribution in [0.15, 0.2) is 30.3 Å². The molecule has 3 rings (SSSR count). The molecule has 0 amide bonds. The Morgan fingerprint density at radius 3 is 2.76 bits per heavy atom. The fraction of sp³-hybridized carbons (Fsp3) is 0.462. The van der Waals surface area contributed by atoms with Gasteiger partial charge in [0.15, 0.2) is 0 Å². The maximum atomic E-state index is 11.3. The molecule has 1 N–H and O–H groups in total. The van der Waals surface area contributed by atoms with Gasteiger partial charge < -0.3 is 14.6 Å². The molecule has 4 nitrogen and oxygen atoms in total. The van der Waals surface area contributed by atoms with Gasteiger partial charge in [0.05, 0.1) is 12.5 Å². The molecule has 17 heavy (non-hydrogen) atoms. The number of esters is 1. The van der Waals surface area contributed by atoms with Crippen LogP contribution in [0.1, 0.15) is 24.5 Å². The maximum Gasteiger partial charge on any atom is 0.308 e. The summed E-state index contributed by atoms with van der Waals surface area (Å²) in [7, 11) is 0. The lowest BCUT2D eigenvalue weighted by molar-refractivity contribution is -0.218. The summed E-state index contributed by atoms with van der Waals surface area (Å²) in [5.74, 6) is -0.281. The lowest BCUT2D eigenvalue weighted by atomic mass is 9.90. The van der Waals surface area contributed by atoms with Gasteiger partial charge in [0, 0.05) is 6.42 Å². The zero-order chi connectivity index (χ0) is 11.8. The molecule has 0 radical (unpaired) electrons. The molecule has 2 aliphatic heterocycles. The Morgan fingerprint density at radius 2 is 2.00 bits per heavy atom. The molecule has 0 aliphatic carbocycles. The summed E-state index contributed by atoms with van der Waals surface area (Å²) in [5, 5.41) is 10.1.